The first-order chi connectivity index (χ1) is 9.34. The third-order valence-corrected chi connectivity index (χ3v) is 4.06. The highest BCUT2D eigenvalue weighted by molar-refractivity contribution is 7.10. The monoisotopic (exact) mass is 293 g/mol. The lowest BCUT2D eigenvalue weighted by atomic mass is 9.94. The van der Waals surface area contributed by atoms with Crippen LogP contribution in [-0.4, -0.2) is 17.6 Å². The van der Waals surface area contributed by atoms with E-state index in [1.54, 1.807) is 12.1 Å². The summed E-state index contributed by atoms with van der Waals surface area (Å²) in [6.07, 6.45) is 1.51. The van der Waals surface area contributed by atoms with Crippen molar-refractivity contribution in [3.05, 3.63) is 46.5 Å². The van der Waals surface area contributed by atoms with Crippen molar-refractivity contribution < 1.29 is 14.3 Å². The molecule has 0 aliphatic carbocycles. The Labute approximate surface area is 122 Å². The maximum absolute atomic E-state index is 12.0. The molecule has 0 spiro atoms. The summed E-state index contributed by atoms with van der Waals surface area (Å²) in [6.45, 7) is 5.58. The average molecular weight is 293 g/mol. The molecule has 2 rings (SSSR count). The Morgan fingerprint density at radius 2 is 2.10 bits per heavy atom. The predicted molar refractivity (Wildman–Crippen MR) is 78.5 cm³/mol. The quantitative estimate of drug-likeness (QED) is 0.911. The average Bonchev–Trinajstić information content (AvgIpc) is 3.05. The van der Waals surface area contributed by atoms with Crippen LogP contribution in [0.2, 0.25) is 0 Å². The first-order valence-electron chi connectivity index (χ1n) is 6.43. The molecule has 0 unspecified atom stereocenters. The van der Waals surface area contributed by atoms with Crippen LogP contribution in [0.5, 0.6) is 0 Å². The fraction of sp³-hybridized carbons (Fsp3) is 0.400. The molecular weight excluding hydrogens is 274 g/mol. The Bertz CT molecular complexity index is 518. The van der Waals surface area contributed by atoms with Crippen LogP contribution in [0.3, 0.4) is 0 Å². The summed E-state index contributed by atoms with van der Waals surface area (Å²) in [5.41, 5.74) is -1.84. The SMILES string of the molecule is CC(C)(C)C(=O)NC[C@@](O)(c1ccco1)c1cccs1. The molecule has 0 bridgehead atoms. The number of furan rings is 1. The van der Waals surface area contributed by atoms with E-state index in [2.05, 4.69) is 5.32 Å². The lowest BCUT2D eigenvalue weighted by molar-refractivity contribution is -0.129. The number of hydrogen-bond acceptors (Lipinski definition) is 4. The van der Waals surface area contributed by atoms with Gasteiger partial charge in [-0.25, -0.2) is 0 Å². The van der Waals surface area contributed by atoms with E-state index in [4.69, 9.17) is 4.42 Å². The predicted octanol–water partition coefficient (Wildman–Crippen LogP) is 2.74. The summed E-state index contributed by atoms with van der Waals surface area (Å²) in [5.74, 6) is 0.313. The van der Waals surface area contributed by atoms with Gasteiger partial charge in [0, 0.05) is 10.3 Å². The Kier molecular flexibility index (Phi) is 4.01. The molecule has 0 saturated carbocycles. The van der Waals surface area contributed by atoms with Crippen LogP contribution in [0.4, 0.5) is 0 Å². The standard InChI is InChI=1S/C15H19NO3S/c1-14(2,3)13(17)16-10-15(18,11-6-4-8-19-11)12-7-5-9-20-12/h4-9,18H,10H2,1-3H3,(H,16,17)/t15-/m1/s1. The molecule has 0 fully saturated rings. The zero-order chi connectivity index (χ0) is 14.8. The van der Waals surface area contributed by atoms with Gasteiger partial charge in [-0.2, -0.15) is 0 Å². The van der Waals surface area contributed by atoms with Crippen molar-refractivity contribution in [1.29, 1.82) is 0 Å². The third kappa shape index (κ3) is 2.94. The molecule has 2 heterocycles. The number of thiophene rings is 1. The summed E-state index contributed by atoms with van der Waals surface area (Å²) in [6, 6.07) is 7.12. The van der Waals surface area contributed by atoms with Crippen molar-refractivity contribution in [3.63, 3.8) is 0 Å². The van der Waals surface area contributed by atoms with Crippen LogP contribution in [0, 0.1) is 5.41 Å². The summed E-state index contributed by atoms with van der Waals surface area (Å²) < 4.78 is 5.35. The zero-order valence-corrected chi connectivity index (χ0v) is 12.7. The largest absolute Gasteiger partial charge is 0.466 e. The fourth-order valence-electron chi connectivity index (χ4n) is 1.80. The summed E-state index contributed by atoms with van der Waals surface area (Å²) in [7, 11) is 0. The minimum atomic E-state index is -1.33. The molecule has 0 aromatic carbocycles. The fourth-order valence-corrected chi connectivity index (χ4v) is 2.63. The first kappa shape index (κ1) is 14.8. The molecule has 2 aromatic heterocycles. The van der Waals surface area contributed by atoms with Crippen molar-refractivity contribution in [3.8, 4) is 0 Å². The van der Waals surface area contributed by atoms with Crippen LogP contribution in [0.15, 0.2) is 40.3 Å². The Morgan fingerprint density at radius 3 is 2.60 bits per heavy atom. The maximum atomic E-state index is 12.0. The Balaban J connectivity index is 2.24. The van der Waals surface area contributed by atoms with E-state index in [-0.39, 0.29) is 12.5 Å². The second-order valence-corrected chi connectivity index (χ2v) is 6.70. The lowest BCUT2D eigenvalue weighted by Crippen LogP contribution is -2.44. The molecule has 5 heteroatoms. The molecule has 108 valence electrons. The molecular formula is C15H19NO3S. The lowest BCUT2D eigenvalue weighted by Gasteiger charge is -2.27. The number of hydrogen-bond donors (Lipinski definition) is 2. The Morgan fingerprint density at radius 1 is 1.35 bits per heavy atom. The second-order valence-electron chi connectivity index (χ2n) is 5.75. The van der Waals surface area contributed by atoms with Crippen molar-refractivity contribution in [1.82, 2.24) is 5.32 Å². The van der Waals surface area contributed by atoms with Crippen LogP contribution in [0.25, 0.3) is 0 Å². The van der Waals surface area contributed by atoms with Gasteiger partial charge in [-0.15, -0.1) is 11.3 Å². The normalized spacial score (nSPS) is 14.8. The van der Waals surface area contributed by atoms with E-state index < -0.39 is 11.0 Å². The van der Waals surface area contributed by atoms with E-state index >= 15 is 0 Å². The molecule has 2 N–H and O–H groups in total. The van der Waals surface area contributed by atoms with Crippen LogP contribution < -0.4 is 5.32 Å². The number of carbonyl (C=O) groups excluding carboxylic acids is 1. The van der Waals surface area contributed by atoms with Crippen LogP contribution in [-0.2, 0) is 10.4 Å². The van der Waals surface area contributed by atoms with Gasteiger partial charge < -0.3 is 14.8 Å². The first-order valence-corrected chi connectivity index (χ1v) is 7.30. The van der Waals surface area contributed by atoms with Crippen molar-refractivity contribution in [2.75, 3.05) is 6.54 Å². The molecule has 0 saturated heterocycles. The van der Waals surface area contributed by atoms with Crippen LogP contribution in [0.1, 0.15) is 31.4 Å². The van der Waals surface area contributed by atoms with E-state index in [9.17, 15) is 9.90 Å². The highest BCUT2D eigenvalue weighted by Gasteiger charge is 2.37. The summed E-state index contributed by atoms with van der Waals surface area (Å²) in [5, 5.41) is 15.6. The zero-order valence-electron chi connectivity index (χ0n) is 11.8. The minimum absolute atomic E-state index is 0.0805. The number of nitrogens with one attached hydrogen (secondary N) is 1. The van der Waals surface area contributed by atoms with Gasteiger partial charge in [0.2, 0.25) is 5.91 Å². The summed E-state index contributed by atoms with van der Waals surface area (Å²) >= 11 is 1.43. The highest BCUT2D eigenvalue weighted by Crippen LogP contribution is 2.32. The van der Waals surface area contributed by atoms with E-state index in [0.717, 1.165) is 4.88 Å². The number of aliphatic hydroxyl groups is 1. The Hall–Kier alpha value is -1.59. The molecule has 20 heavy (non-hydrogen) atoms. The molecule has 0 aliphatic rings. The number of rotatable bonds is 4. The van der Waals surface area contributed by atoms with Gasteiger partial charge in [0.05, 0.1) is 12.8 Å². The van der Waals surface area contributed by atoms with E-state index in [1.165, 1.54) is 17.6 Å². The van der Waals surface area contributed by atoms with Gasteiger partial charge in [0.15, 0.2) is 5.60 Å². The van der Waals surface area contributed by atoms with Crippen molar-refractivity contribution in [2.24, 2.45) is 5.41 Å². The topological polar surface area (TPSA) is 62.5 Å². The van der Waals surface area contributed by atoms with Gasteiger partial charge >= 0.3 is 0 Å². The van der Waals surface area contributed by atoms with E-state index in [1.807, 2.05) is 38.3 Å². The van der Waals surface area contributed by atoms with Gasteiger partial charge in [-0.3, -0.25) is 4.79 Å². The van der Waals surface area contributed by atoms with E-state index in [0.29, 0.717) is 5.76 Å². The molecule has 4 nitrogen and oxygen atoms in total. The van der Waals surface area contributed by atoms with Crippen LogP contribution >= 0.6 is 11.3 Å². The minimum Gasteiger partial charge on any atom is -0.466 e. The third-order valence-electron chi connectivity index (χ3n) is 3.04. The molecule has 1 atom stereocenters. The molecule has 1 amide bonds. The molecule has 2 aromatic rings. The second kappa shape index (κ2) is 5.42. The maximum Gasteiger partial charge on any atom is 0.225 e. The number of amides is 1. The highest BCUT2D eigenvalue weighted by atomic mass is 32.1. The van der Waals surface area contributed by atoms with Crippen molar-refractivity contribution >= 4 is 17.2 Å². The molecule has 0 aliphatic heterocycles. The van der Waals surface area contributed by atoms with Gasteiger partial charge in [-0.1, -0.05) is 26.8 Å². The van der Waals surface area contributed by atoms with Gasteiger partial charge in [0.25, 0.3) is 0 Å². The smallest absolute Gasteiger partial charge is 0.225 e. The van der Waals surface area contributed by atoms with Crippen molar-refractivity contribution in [2.45, 2.75) is 26.4 Å². The van der Waals surface area contributed by atoms with Gasteiger partial charge in [-0.05, 0) is 23.6 Å². The number of carbonyl (C=O) groups is 1. The molecule has 0 radical (unpaired) electrons. The van der Waals surface area contributed by atoms with Gasteiger partial charge in [0.1, 0.15) is 5.76 Å². The summed E-state index contributed by atoms with van der Waals surface area (Å²) in [4.78, 5) is 12.7.